The lowest BCUT2D eigenvalue weighted by Crippen LogP contribution is -1.90. The van der Waals surface area contributed by atoms with E-state index in [4.69, 9.17) is 51.7 Å². The van der Waals surface area contributed by atoms with E-state index in [0.717, 1.165) is 0 Å². The Labute approximate surface area is 108 Å². The Bertz CT molecular complexity index is 383. The molecule has 80 valence electrons. The molecule has 0 radical (unpaired) electrons. The molecule has 0 spiro atoms. The number of unbranched alkanes of at least 4 members (excludes halogenated alkanes) is 1. The second-order valence-corrected chi connectivity index (χ2v) is 4.53. The van der Waals surface area contributed by atoms with Gasteiger partial charge in [0.15, 0.2) is 0 Å². The Kier molecular flexibility index (Phi) is 5.02. The number of nitrogens with zero attached hydrogens (tertiary/aromatic N) is 1. The van der Waals surface area contributed by atoms with Crippen LogP contribution < -0.4 is 0 Å². The summed E-state index contributed by atoms with van der Waals surface area (Å²) in [5.41, 5.74) is 0.714. The molecular weight excluding hydrogens is 276 g/mol. The van der Waals surface area contributed by atoms with Crippen molar-refractivity contribution < 1.29 is 0 Å². The zero-order valence-corrected chi connectivity index (χ0v) is 10.7. The number of benzene rings is 1. The Morgan fingerprint density at radius 1 is 1.07 bits per heavy atom. The van der Waals surface area contributed by atoms with Crippen molar-refractivity contribution in [2.75, 3.05) is 0 Å². The van der Waals surface area contributed by atoms with Gasteiger partial charge in [-0.25, -0.2) is 0 Å². The number of rotatable bonds is 3. The predicted molar refractivity (Wildman–Crippen MR) is 65.0 cm³/mol. The van der Waals surface area contributed by atoms with E-state index >= 15 is 0 Å². The molecule has 0 aromatic heterocycles. The molecule has 0 aliphatic carbocycles. The molecule has 0 heterocycles. The van der Waals surface area contributed by atoms with Crippen LogP contribution in [-0.4, -0.2) is 0 Å². The first-order chi connectivity index (χ1) is 7.07. The van der Waals surface area contributed by atoms with Gasteiger partial charge in [-0.3, -0.25) is 0 Å². The topological polar surface area (TPSA) is 23.8 Å². The monoisotopic (exact) mass is 281 g/mol. The highest BCUT2D eigenvalue weighted by atomic mass is 35.5. The van der Waals surface area contributed by atoms with Crippen LogP contribution >= 0.6 is 46.4 Å². The molecule has 0 aliphatic rings. The summed E-state index contributed by atoms with van der Waals surface area (Å²) in [6.07, 6.45) is 1.74. The van der Waals surface area contributed by atoms with Crippen molar-refractivity contribution in [2.24, 2.45) is 0 Å². The van der Waals surface area contributed by atoms with Crippen molar-refractivity contribution >= 4 is 46.4 Å². The third-order valence-corrected chi connectivity index (χ3v) is 3.57. The van der Waals surface area contributed by atoms with E-state index in [9.17, 15) is 0 Å². The van der Waals surface area contributed by atoms with Crippen LogP contribution in [0.2, 0.25) is 20.1 Å². The molecule has 5 heteroatoms. The number of hydrogen-bond acceptors (Lipinski definition) is 1. The first-order valence-electron chi connectivity index (χ1n) is 4.26. The number of halogens is 4. The molecule has 0 bridgehead atoms. The van der Waals surface area contributed by atoms with Crippen LogP contribution in [0.3, 0.4) is 0 Å². The highest BCUT2D eigenvalue weighted by Gasteiger charge is 2.13. The van der Waals surface area contributed by atoms with Crippen molar-refractivity contribution in [1.82, 2.24) is 0 Å². The fourth-order valence-corrected chi connectivity index (χ4v) is 2.22. The fourth-order valence-electron chi connectivity index (χ4n) is 1.19. The zero-order chi connectivity index (χ0) is 11.4. The van der Waals surface area contributed by atoms with Gasteiger partial charge in [0.05, 0.1) is 26.2 Å². The second kappa shape index (κ2) is 5.82. The number of hydrogen-bond donors (Lipinski definition) is 0. The van der Waals surface area contributed by atoms with Crippen molar-refractivity contribution in [3.63, 3.8) is 0 Å². The third-order valence-electron chi connectivity index (χ3n) is 1.92. The first kappa shape index (κ1) is 12.9. The molecule has 15 heavy (non-hydrogen) atoms. The molecule has 1 nitrogen and oxygen atoms in total. The maximum absolute atomic E-state index is 8.42. The van der Waals surface area contributed by atoms with Gasteiger partial charge in [-0.05, 0) is 24.5 Å². The molecule has 0 amide bonds. The summed E-state index contributed by atoms with van der Waals surface area (Å²) in [4.78, 5) is 0. The molecule has 0 N–H and O–H groups in total. The van der Waals surface area contributed by atoms with Gasteiger partial charge in [0.25, 0.3) is 0 Å². The van der Waals surface area contributed by atoms with Crippen LogP contribution in [0.15, 0.2) is 6.07 Å². The highest BCUT2D eigenvalue weighted by Crippen LogP contribution is 2.37. The summed E-state index contributed by atoms with van der Waals surface area (Å²) >= 11 is 23.7. The van der Waals surface area contributed by atoms with Crippen LogP contribution in [0.5, 0.6) is 0 Å². The van der Waals surface area contributed by atoms with Gasteiger partial charge in [0.2, 0.25) is 0 Å². The molecule has 0 atom stereocenters. The van der Waals surface area contributed by atoms with E-state index in [2.05, 4.69) is 6.07 Å². The molecule has 0 unspecified atom stereocenters. The minimum atomic E-state index is 0.387. The largest absolute Gasteiger partial charge is 0.198 e. The SMILES string of the molecule is N#CCCCc1c(Cl)c(Cl)cc(Cl)c1Cl. The molecule has 0 saturated heterocycles. The summed E-state index contributed by atoms with van der Waals surface area (Å²) < 4.78 is 0. The summed E-state index contributed by atoms with van der Waals surface area (Å²) in [6.45, 7) is 0. The van der Waals surface area contributed by atoms with Gasteiger partial charge in [-0.15, -0.1) is 0 Å². The molecule has 0 saturated carbocycles. The lowest BCUT2D eigenvalue weighted by atomic mass is 10.1. The van der Waals surface area contributed by atoms with Crippen LogP contribution in [0.1, 0.15) is 18.4 Å². The van der Waals surface area contributed by atoms with Crippen molar-refractivity contribution in [2.45, 2.75) is 19.3 Å². The Balaban J connectivity index is 3.00. The van der Waals surface area contributed by atoms with Gasteiger partial charge >= 0.3 is 0 Å². The van der Waals surface area contributed by atoms with Crippen molar-refractivity contribution in [3.05, 3.63) is 31.7 Å². The van der Waals surface area contributed by atoms with Crippen LogP contribution in [0.25, 0.3) is 0 Å². The molecule has 1 aromatic carbocycles. The fraction of sp³-hybridized carbons (Fsp3) is 0.300. The lowest BCUT2D eigenvalue weighted by Gasteiger charge is -2.09. The smallest absolute Gasteiger partial charge is 0.0640 e. The molecule has 0 aliphatic heterocycles. The maximum atomic E-state index is 8.42. The van der Waals surface area contributed by atoms with Gasteiger partial charge in [-0.1, -0.05) is 46.4 Å². The average Bonchev–Trinajstić information content (AvgIpc) is 2.20. The Morgan fingerprint density at radius 3 is 2.07 bits per heavy atom. The zero-order valence-electron chi connectivity index (χ0n) is 7.66. The van der Waals surface area contributed by atoms with Crippen LogP contribution in [-0.2, 0) is 6.42 Å². The second-order valence-electron chi connectivity index (χ2n) is 2.96. The molecule has 1 rings (SSSR count). The minimum Gasteiger partial charge on any atom is -0.198 e. The van der Waals surface area contributed by atoms with Crippen molar-refractivity contribution in [1.29, 1.82) is 5.26 Å². The molecule has 0 fully saturated rings. The van der Waals surface area contributed by atoms with Gasteiger partial charge in [0.1, 0.15) is 0 Å². The van der Waals surface area contributed by atoms with Crippen molar-refractivity contribution in [3.8, 4) is 6.07 Å². The van der Waals surface area contributed by atoms with Gasteiger partial charge in [-0.2, -0.15) is 5.26 Å². The standard InChI is InChI=1S/C10H7Cl4N/c11-7-5-8(12)10(14)6(9(7)13)3-1-2-4-15/h5H,1-3H2. The lowest BCUT2D eigenvalue weighted by molar-refractivity contribution is 0.851. The summed E-state index contributed by atoms with van der Waals surface area (Å²) in [5.74, 6) is 0. The van der Waals surface area contributed by atoms with Gasteiger partial charge in [0, 0.05) is 6.42 Å². The molecule has 1 aromatic rings. The quantitative estimate of drug-likeness (QED) is 0.556. The highest BCUT2D eigenvalue weighted by molar-refractivity contribution is 6.48. The predicted octanol–water partition coefficient (Wildman–Crippen LogP) is 5.15. The third kappa shape index (κ3) is 3.16. The first-order valence-corrected chi connectivity index (χ1v) is 5.78. The number of nitriles is 1. The van der Waals surface area contributed by atoms with E-state index in [1.54, 1.807) is 0 Å². The summed E-state index contributed by atoms with van der Waals surface area (Å²) in [6, 6.07) is 3.57. The van der Waals surface area contributed by atoms with E-state index in [1.807, 2.05) is 0 Å². The summed E-state index contributed by atoms with van der Waals surface area (Å²) in [5, 5.41) is 10.0. The van der Waals surface area contributed by atoms with E-state index in [0.29, 0.717) is 44.9 Å². The van der Waals surface area contributed by atoms with Crippen LogP contribution in [0, 0.1) is 11.3 Å². The minimum absolute atomic E-state index is 0.387. The van der Waals surface area contributed by atoms with E-state index in [-0.39, 0.29) is 0 Å². The maximum Gasteiger partial charge on any atom is 0.0640 e. The normalized spacial score (nSPS) is 10.1. The average molecular weight is 283 g/mol. The van der Waals surface area contributed by atoms with Crippen LogP contribution in [0.4, 0.5) is 0 Å². The summed E-state index contributed by atoms with van der Waals surface area (Å²) in [7, 11) is 0. The van der Waals surface area contributed by atoms with E-state index < -0.39 is 0 Å². The Morgan fingerprint density at radius 2 is 1.60 bits per heavy atom. The molecular formula is C10H7Cl4N. The van der Waals surface area contributed by atoms with E-state index in [1.165, 1.54) is 6.07 Å². The Hall–Kier alpha value is -0.130. The van der Waals surface area contributed by atoms with Gasteiger partial charge < -0.3 is 0 Å².